The van der Waals surface area contributed by atoms with E-state index in [9.17, 15) is 9.59 Å². The summed E-state index contributed by atoms with van der Waals surface area (Å²) in [6, 6.07) is 0. The van der Waals surface area contributed by atoms with E-state index in [0.29, 0.717) is 19.6 Å². The predicted octanol–water partition coefficient (Wildman–Crippen LogP) is 1.61. The number of hydrogen-bond acceptors (Lipinski definition) is 3. The molecule has 5 heteroatoms. The SMILES string of the molecule is NCC1(C(=O)N2CCC(CC(=O)O)C2)CCCCCC1. The van der Waals surface area contributed by atoms with Crippen LogP contribution in [0.5, 0.6) is 0 Å². The van der Waals surface area contributed by atoms with Crippen LogP contribution in [0.3, 0.4) is 0 Å². The Morgan fingerprint density at radius 3 is 2.40 bits per heavy atom. The van der Waals surface area contributed by atoms with Gasteiger partial charge in [0.2, 0.25) is 5.91 Å². The van der Waals surface area contributed by atoms with E-state index in [1.165, 1.54) is 12.8 Å². The average Bonchev–Trinajstić information content (AvgIpc) is 2.74. The van der Waals surface area contributed by atoms with Crippen LogP contribution < -0.4 is 5.73 Å². The largest absolute Gasteiger partial charge is 0.481 e. The van der Waals surface area contributed by atoms with Crippen molar-refractivity contribution in [3.8, 4) is 0 Å². The van der Waals surface area contributed by atoms with Crippen molar-refractivity contribution in [2.24, 2.45) is 17.1 Å². The standard InChI is InChI=1S/C15H26N2O3/c16-11-15(6-3-1-2-4-7-15)14(20)17-8-5-12(10-17)9-13(18)19/h12H,1-11,16H2,(H,18,19). The highest BCUT2D eigenvalue weighted by Gasteiger charge is 2.42. The summed E-state index contributed by atoms with van der Waals surface area (Å²) in [5, 5.41) is 8.86. The zero-order chi connectivity index (χ0) is 14.6. The van der Waals surface area contributed by atoms with Crippen LogP contribution in [0.25, 0.3) is 0 Å². The molecule has 1 aliphatic heterocycles. The van der Waals surface area contributed by atoms with Crippen molar-refractivity contribution in [3.63, 3.8) is 0 Å². The molecular weight excluding hydrogens is 256 g/mol. The molecule has 0 aromatic carbocycles. The molecule has 2 aliphatic rings. The van der Waals surface area contributed by atoms with E-state index in [2.05, 4.69) is 0 Å². The molecule has 0 aromatic rings. The van der Waals surface area contributed by atoms with Crippen molar-refractivity contribution in [1.29, 1.82) is 0 Å². The minimum absolute atomic E-state index is 0.108. The fourth-order valence-electron chi connectivity index (χ4n) is 3.68. The molecule has 5 nitrogen and oxygen atoms in total. The fraction of sp³-hybridized carbons (Fsp3) is 0.867. The zero-order valence-electron chi connectivity index (χ0n) is 12.1. The first-order chi connectivity index (χ1) is 9.57. The van der Waals surface area contributed by atoms with Crippen LogP contribution in [0.4, 0.5) is 0 Å². The number of amides is 1. The molecule has 1 saturated carbocycles. The number of rotatable bonds is 4. The number of hydrogen-bond donors (Lipinski definition) is 2. The third-order valence-electron chi connectivity index (χ3n) is 4.94. The molecule has 1 amide bonds. The van der Waals surface area contributed by atoms with Gasteiger partial charge in [0.05, 0.1) is 5.41 Å². The van der Waals surface area contributed by atoms with Gasteiger partial charge in [-0.1, -0.05) is 25.7 Å². The highest BCUT2D eigenvalue weighted by molar-refractivity contribution is 5.83. The Morgan fingerprint density at radius 2 is 1.85 bits per heavy atom. The Labute approximate surface area is 120 Å². The van der Waals surface area contributed by atoms with Gasteiger partial charge in [0.1, 0.15) is 0 Å². The number of likely N-dealkylation sites (tertiary alicyclic amines) is 1. The second-order valence-corrected chi connectivity index (χ2v) is 6.40. The Bertz CT molecular complexity index is 362. The molecule has 2 fully saturated rings. The number of carbonyl (C=O) groups is 2. The highest BCUT2D eigenvalue weighted by atomic mass is 16.4. The number of nitrogens with zero attached hydrogens (tertiary/aromatic N) is 1. The van der Waals surface area contributed by atoms with Crippen molar-refractivity contribution < 1.29 is 14.7 Å². The van der Waals surface area contributed by atoms with Gasteiger partial charge < -0.3 is 15.7 Å². The molecule has 114 valence electrons. The van der Waals surface area contributed by atoms with Crippen LogP contribution in [0.2, 0.25) is 0 Å². The smallest absolute Gasteiger partial charge is 0.303 e. The van der Waals surface area contributed by atoms with Crippen LogP contribution in [-0.4, -0.2) is 41.5 Å². The van der Waals surface area contributed by atoms with Crippen molar-refractivity contribution in [3.05, 3.63) is 0 Å². The maximum absolute atomic E-state index is 12.8. The molecule has 0 radical (unpaired) electrons. The molecule has 1 aliphatic carbocycles. The first-order valence-corrected chi connectivity index (χ1v) is 7.79. The van der Waals surface area contributed by atoms with Crippen LogP contribution in [-0.2, 0) is 9.59 Å². The zero-order valence-corrected chi connectivity index (χ0v) is 12.1. The normalized spacial score (nSPS) is 26.2. The lowest BCUT2D eigenvalue weighted by atomic mass is 9.79. The first kappa shape index (κ1) is 15.3. The van der Waals surface area contributed by atoms with E-state index in [0.717, 1.165) is 32.1 Å². The van der Waals surface area contributed by atoms with Gasteiger partial charge in [0, 0.05) is 26.1 Å². The Balaban J connectivity index is 2.00. The molecule has 2 rings (SSSR count). The minimum Gasteiger partial charge on any atom is -0.481 e. The first-order valence-electron chi connectivity index (χ1n) is 7.79. The molecule has 0 spiro atoms. The average molecular weight is 282 g/mol. The van der Waals surface area contributed by atoms with Crippen molar-refractivity contribution in [2.45, 2.75) is 51.4 Å². The van der Waals surface area contributed by atoms with E-state index < -0.39 is 5.97 Å². The minimum atomic E-state index is -0.771. The quantitative estimate of drug-likeness (QED) is 0.767. The lowest BCUT2D eigenvalue weighted by molar-refractivity contribution is -0.142. The van der Waals surface area contributed by atoms with Gasteiger partial charge in [-0.3, -0.25) is 9.59 Å². The summed E-state index contributed by atoms with van der Waals surface area (Å²) < 4.78 is 0. The predicted molar refractivity (Wildman–Crippen MR) is 76.1 cm³/mol. The third-order valence-corrected chi connectivity index (χ3v) is 4.94. The molecule has 0 bridgehead atoms. The summed E-state index contributed by atoms with van der Waals surface area (Å²) >= 11 is 0. The Morgan fingerprint density at radius 1 is 1.20 bits per heavy atom. The summed E-state index contributed by atoms with van der Waals surface area (Å²) in [5.74, 6) is -0.487. The molecule has 3 N–H and O–H groups in total. The van der Waals surface area contributed by atoms with Crippen LogP contribution >= 0.6 is 0 Å². The number of carboxylic acid groups (broad SMARTS) is 1. The number of carboxylic acids is 1. The summed E-state index contributed by atoms with van der Waals surface area (Å²) in [6.45, 7) is 1.71. The van der Waals surface area contributed by atoms with Crippen LogP contribution in [0.1, 0.15) is 51.4 Å². The lowest BCUT2D eigenvalue weighted by Crippen LogP contribution is -2.47. The third kappa shape index (κ3) is 3.32. The van der Waals surface area contributed by atoms with E-state index >= 15 is 0 Å². The van der Waals surface area contributed by atoms with Crippen molar-refractivity contribution in [1.82, 2.24) is 4.90 Å². The van der Waals surface area contributed by atoms with E-state index in [4.69, 9.17) is 10.8 Å². The topological polar surface area (TPSA) is 83.6 Å². The highest BCUT2D eigenvalue weighted by Crippen LogP contribution is 2.37. The second kappa shape index (κ2) is 6.57. The second-order valence-electron chi connectivity index (χ2n) is 6.40. The number of carbonyl (C=O) groups excluding carboxylic acids is 1. The summed E-state index contributed by atoms with van der Waals surface area (Å²) in [7, 11) is 0. The van der Waals surface area contributed by atoms with Gasteiger partial charge in [-0.25, -0.2) is 0 Å². The molecular formula is C15H26N2O3. The molecule has 1 heterocycles. The summed E-state index contributed by atoms with van der Waals surface area (Å²) in [6.07, 6.45) is 7.29. The molecule has 1 saturated heterocycles. The summed E-state index contributed by atoms with van der Waals surface area (Å²) in [5.41, 5.74) is 5.57. The summed E-state index contributed by atoms with van der Waals surface area (Å²) in [4.78, 5) is 25.5. The molecule has 1 atom stereocenters. The molecule has 20 heavy (non-hydrogen) atoms. The monoisotopic (exact) mass is 282 g/mol. The van der Waals surface area contributed by atoms with Crippen molar-refractivity contribution in [2.75, 3.05) is 19.6 Å². The van der Waals surface area contributed by atoms with Gasteiger partial charge >= 0.3 is 5.97 Å². The van der Waals surface area contributed by atoms with Crippen molar-refractivity contribution >= 4 is 11.9 Å². The van der Waals surface area contributed by atoms with E-state index in [1.54, 1.807) is 0 Å². The Hall–Kier alpha value is -1.10. The maximum Gasteiger partial charge on any atom is 0.303 e. The van der Waals surface area contributed by atoms with Gasteiger partial charge in [-0.15, -0.1) is 0 Å². The van der Waals surface area contributed by atoms with Gasteiger partial charge in [-0.2, -0.15) is 0 Å². The number of nitrogens with two attached hydrogens (primary N) is 1. The lowest BCUT2D eigenvalue weighted by Gasteiger charge is -2.34. The Kier molecular flexibility index (Phi) is 5.02. The van der Waals surface area contributed by atoms with Gasteiger partial charge in [0.25, 0.3) is 0 Å². The maximum atomic E-state index is 12.8. The fourth-order valence-corrected chi connectivity index (χ4v) is 3.68. The molecule has 1 unspecified atom stereocenters. The van der Waals surface area contributed by atoms with E-state index in [-0.39, 0.29) is 23.7 Å². The van der Waals surface area contributed by atoms with Crippen LogP contribution in [0, 0.1) is 11.3 Å². The van der Waals surface area contributed by atoms with Gasteiger partial charge in [0.15, 0.2) is 0 Å². The van der Waals surface area contributed by atoms with Crippen LogP contribution in [0.15, 0.2) is 0 Å². The van der Waals surface area contributed by atoms with Gasteiger partial charge in [-0.05, 0) is 25.2 Å². The number of aliphatic carboxylic acids is 1. The van der Waals surface area contributed by atoms with E-state index in [1.807, 2.05) is 4.90 Å². The molecule has 0 aromatic heterocycles.